The molecule has 0 unspecified atom stereocenters. The van der Waals surface area contributed by atoms with Gasteiger partial charge < -0.3 is 4.74 Å². The Balaban J connectivity index is 1.92. The second-order valence-electron chi connectivity index (χ2n) is 5.90. The lowest BCUT2D eigenvalue weighted by Crippen LogP contribution is -2.12. The Labute approximate surface area is 171 Å². The van der Waals surface area contributed by atoms with Crippen molar-refractivity contribution in [3.8, 4) is 16.3 Å². The van der Waals surface area contributed by atoms with Gasteiger partial charge in [-0.25, -0.2) is 8.42 Å². The number of non-ortho nitro benzene ring substituents is 1. The van der Waals surface area contributed by atoms with Gasteiger partial charge in [-0.3, -0.25) is 19.5 Å². The molecule has 30 heavy (non-hydrogen) atoms. The van der Waals surface area contributed by atoms with Gasteiger partial charge in [-0.05, 0) is 24.3 Å². The molecule has 0 saturated carbocycles. The van der Waals surface area contributed by atoms with E-state index in [0.29, 0.717) is 0 Å². The molecule has 0 radical (unpaired) electrons. The van der Waals surface area contributed by atoms with E-state index in [-0.39, 0.29) is 31.9 Å². The first-order chi connectivity index (χ1) is 13.9. The smallest absolute Gasteiger partial charge is 0.435 e. The first-order valence-electron chi connectivity index (χ1n) is 7.99. The summed E-state index contributed by atoms with van der Waals surface area (Å²) < 4.78 is 72.0. The number of nitrogens with one attached hydrogen (secondary N) is 1. The van der Waals surface area contributed by atoms with Gasteiger partial charge in [-0.2, -0.15) is 18.3 Å². The molecule has 1 aromatic carbocycles. The molecule has 9 nitrogen and oxygen atoms in total. The van der Waals surface area contributed by atoms with Crippen LogP contribution in [0.15, 0.2) is 40.6 Å². The van der Waals surface area contributed by atoms with Crippen LogP contribution in [0.5, 0.6) is 5.75 Å². The van der Waals surface area contributed by atoms with E-state index in [2.05, 4.69) is 9.82 Å². The van der Waals surface area contributed by atoms with Crippen molar-refractivity contribution in [3.63, 3.8) is 0 Å². The normalized spacial score (nSPS) is 12.0. The van der Waals surface area contributed by atoms with Crippen molar-refractivity contribution >= 4 is 32.7 Å². The van der Waals surface area contributed by atoms with Crippen molar-refractivity contribution in [2.75, 3.05) is 11.8 Å². The zero-order chi connectivity index (χ0) is 22.3. The number of alkyl halides is 3. The molecule has 3 rings (SSSR count). The number of ether oxygens (including phenoxy) is 1. The van der Waals surface area contributed by atoms with Crippen molar-refractivity contribution in [3.05, 3.63) is 52.2 Å². The summed E-state index contributed by atoms with van der Waals surface area (Å²) in [6.45, 7) is 0. The summed E-state index contributed by atoms with van der Waals surface area (Å²) in [5.41, 5.74) is -1.31. The monoisotopic (exact) mass is 462 g/mol. The van der Waals surface area contributed by atoms with Gasteiger partial charge in [0, 0.05) is 13.1 Å². The van der Waals surface area contributed by atoms with E-state index in [1.165, 1.54) is 32.4 Å². The van der Waals surface area contributed by atoms with E-state index in [0.717, 1.165) is 34.2 Å². The number of anilines is 1. The Morgan fingerprint density at radius 1 is 1.23 bits per heavy atom. The molecule has 0 aliphatic carbocycles. The van der Waals surface area contributed by atoms with E-state index in [1.807, 2.05) is 0 Å². The minimum atomic E-state index is -4.63. The molecule has 160 valence electrons. The number of nitrogens with zero attached hydrogens (tertiary/aromatic N) is 3. The SMILES string of the molecule is COc1cc([N+](=O)[O-])ccc1NS(=O)(=O)c1ccc(-c2cc(C(F)(F)F)nn2C)s1. The molecule has 0 amide bonds. The van der Waals surface area contributed by atoms with Gasteiger partial charge in [0.25, 0.3) is 15.7 Å². The lowest BCUT2D eigenvalue weighted by atomic mass is 10.2. The first kappa shape index (κ1) is 21.6. The molecule has 0 aliphatic heterocycles. The summed E-state index contributed by atoms with van der Waals surface area (Å²) in [5, 5.41) is 14.3. The average Bonchev–Trinajstić information content (AvgIpc) is 3.28. The van der Waals surface area contributed by atoms with Crippen LogP contribution in [-0.2, 0) is 23.2 Å². The number of rotatable bonds is 6. The molecule has 0 spiro atoms. The van der Waals surface area contributed by atoms with Crippen molar-refractivity contribution in [2.45, 2.75) is 10.4 Å². The number of nitro benzene ring substituents is 1. The predicted molar refractivity (Wildman–Crippen MR) is 102 cm³/mol. The largest absolute Gasteiger partial charge is 0.494 e. The van der Waals surface area contributed by atoms with Gasteiger partial charge in [0.1, 0.15) is 9.96 Å². The van der Waals surface area contributed by atoms with Crippen LogP contribution in [0.4, 0.5) is 24.5 Å². The Kier molecular flexibility index (Phi) is 5.47. The van der Waals surface area contributed by atoms with Crippen LogP contribution in [0, 0.1) is 10.1 Å². The molecule has 0 bridgehead atoms. The van der Waals surface area contributed by atoms with Crippen molar-refractivity contribution < 1.29 is 31.2 Å². The number of hydrogen-bond acceptors (Lipinski definition) is 7. The van der Waals surface area contributed by atoms with Crippen LogP contribution in [0.25, 0.3) is 10.6 Å². The molecule has 2 aromatic heterocycles. The Hall–Kier alpha value is -3.13. The van der Waals surface area contributed by atoms with Crippen molar-refractivity contribution in [1.29, 1.82) is 0 Å². The van der Waals surface area contributed by atoms with Crippen LogP contribution < -0.4 is 9.46 Å². The molecular weight excluding hydrogens is 449 g/mol. The number of benzene rings is 1. The van der Waals surface area contributed by atoms with Crippen LogP contribution in [-0.4, -0.2) is 30.2 Å². The minimum absolute atomic E-state index is 0.0297. The molecule has 0 aliphatic rings. The highest BCUT2D eigenvalue weighted by molar-refractivity contribution is 7.94. The molecule has 0 saturated heterocycles. The predicted octanol–water partition coefficient (Wildman–Crippen LogP) is 3.89. The first-order valence-corrected chi connectivity index (χ1v) is 10.3. The molecule has 3 aromatic rings. The van der Waals surface area contributed by atoms with Crippen LogP contribution >= 0.6 is 11.3 Å². The minimum Gasteiger partial charge on any atom is -0.494 e. The van der Waals surface area contributed by atoms with Gasteiger partial charge in [0.15, 0.2) is 5.69 Å². The zero-order valence-electron chi connectivity index (χ0n) is 15.3. The zero-order valence-corrected chi connectivity index (χ0v) is 16.9. The number of thiophene rings is 1. The third-order valence-corrected chi connectivity index (χ3v) is 6.87. The maximum atomic E-state index is 12.9. The molecule has 14 heteroatoms. The topological polar surface area (TPSA) is 116 Å². The Morgan fingerprint density at radius 2 is 1.93 bits per heavy atom. The molecule has 0 fully saturated rings. The highest BCUT2D eigenvalue weighted by atomic mass is 32.2. The van der Waals surface area contributed by atoms with Gasteiger partial charge in [0.2, 0.25) is 0 Å². The lowest BCUT2D eigenvalue weighted by Gasteiger charge is -2.10. The summed E-state index contributed by atoms with van der Waals surface area (Å²) in [5.74, 6) is -0.0639. The molecule has 1 N–H and O–H groups in total. The molecule has 0 atom stereocenters. The standard InChI is InChI=1S/C16H13F3N4O5S2/c1-22-11(8-14(20-22)16(17,18)19)13-5-6-15(29-13)30(26,27)21-10-4-3-9(23(24)25)7-12(10)28-2/h3-8,21H,1-2H3. The highest BCUT2D eigenvalue weighted by Crippen LogP contribution is 2.36. The fourth-order valence-corrected chi connectivity index (χ4v) is 4.94. The van der Waals surface area contributed by atoms with Crippen LogP contribution in [0.1, 0.15) is 5.69 Å². The number of aromatic nitrogens is 2. The van der Waals surface area contributed by atoms with Gasteiger partial charge in [-0.1, -0.05) is 0 Å². The second kappa shape index (κ2) is 7.60. The third kappa shape index (κ3) is 4.23. The molecular formula is C16H13F3N4O5S2. The van der Waals surface area contributed by atoms with Gasteiger partial charge in [-0.15, -0.1) is 11.3 Å². The fraction of sp³-hybridized carbons (Fsp3) is 0.188. The number of nitro groups is 1. The Bertz CT molecular complexity index is 1220. The number of halogens is 3. The van der Waals surface area contributed by atoms with Crippen LogP contribution in [0.3, 0.4) is 0 Å². The fourth-order valence-electron chi connectivity index (χ4n) is 2.51. The quantitative estimate of drug-likeness (QED) is 0.439. The highest BCUT2D eigenvalue weighted by Gasteiger charge is 2.35. The summed E-state index contributed by atoms with van der Waals surface area (Å²) in [4.78, 5) is 10.5. The van der Waals surface area contributed by atoms with Gasteiger partial charge >= 0.3 is 6.18 Å². The van der Waals surface area contributed by atoms with E-state index >= 15 is 0 Å². The summed E-state index contributed by atoms with van der Waals surface area (Å²) in [6, 6.07) is 6.78. The van der Waals surface area contributed by atoms with Crippen LogP contribution in [0.2, 0.25) is 0 Å². The molecule has 2 heterocycles. The summed E-state index contributed by atoms with van der Waals surface area (Å²) in [7, 11) is -1.59. The average molecular weight is 462 g/mol. The Morgan fingerprint density at radius 3 is 2.50 bits per heavy atom. The van der Waals surface area contributed by atoms with Crippen molar-refractivity contribution in [2.24, 2.45) is 7.05 Å². The van der Waals surface area contributed by atoms with E-state index in [9.17, 15) is 31.7 Å². The number of methoxy groups -OCH3 is 1. The van der Waals surface area contributed by atoms with E-state index in [1.54, 1.807) is 0 Å². The number of aryl methyl sites for hydroxylation is 1. The number of sulfonamides is 1. The van der Waals surface area contributed by atoms with Crippen molar-refractivity contribution in [1.82, 2.24) is 9.78 Å². The number of hydrogen-bond donors (Lipinski definition) is 1. The summed E-state index contributed by atoms with van der Waals surface area (Å²) >= 11 is 0.744. The van der Waals surface area contributed by atoms with Gasteiger partial charge in [0.05, 0.1) is 34.4 Å². The third-order valence-electron chi connectivity index (χ3n) is 3.91. The maximum Gasteiger partial charge on any atom is 0.435 e. The summed E-state index contributed by atoms with van der Waals surface area (Å²) in [6.07, 6.45) is -4.63. The second-order valence-corrected chi connectivity index (χ2v) is 8.90. The van der Waals surface area contributed by atoms with E-state index < -0.39 is 26.8 Å². The maximum absolute atomic E-state index is 12.9. The lowest BCUT2D eigenvalue weighted by molar-refractivity contribution is -0.384. The van der Waals surface area contributed by atoms with E-state index in [4.69, 9.17) is 4.74 Å².